The normalized spacial score (nSPS) is 10.5. The summed E-state index contributed by atoms with van der Waals surface area (Å²) in [6.45, 7) is 0.0528. The van der Waals surface area contributed by atoms with Crippen molar-refractivity contribution in [3.8, 4) is 22.9 Å². The van der Waals surface area contributed by atoms with Gasteiger partial charge in [-0.25, -0.2) is 4.39 Å². The third-order valence-electron chi connectivity index (χ3n) is 4.21. The van der Waals surface area contributed by atoms with Crippen LogP contribution in [0.5, 0.6) is 11.5 Å². The number of amides is 2. The molecular formula is C20H19BrFN5O4. The summed E-state index contributed by atoms with van der Waals surface area (Å²) in [4.78, 5) is 28.5. The van der Waals surface area contributed by atoms with Gasteiger partial charge in [-0.3, -0.25) is 20.0 Å². The molecule has 0 saturated heterocycles. The summed E-state index contributed by atoms with van der Waals surface area (Å²) < 4.78 is 24.3. The van der Waals surface area contributed by atoms with Crippen molar-refractivity contribution in [1.82, 2.24) is 20.5 Å². The number of carbonyl (C=O) groups excluding carboxylic acids is 2. The number of aromatic nitrogens is 3. The van der Waals surface area contributed by atoms with Gasteiger partial charge in [-0.05, 0) is 46.3 Å². The molecule has 0 atom stereocenters. The topological polar surface area (TPSA) is 118 Å². The van der Waals surface area contributed by atoms with Crippen LogP contribution in [0, 0.1) is 5.82 Å². The van der Waals surface area contributed by atoms with Gasteiger partial charge in [0, 0.05) is 23.5 Å². The molecule has 2 aromatic carbocycles. The summed E-state index contributed by atoms with van der Waals surface area (Å²) in [7, 11) is 3.07. The monoisotopic (exact) mass is 491 g/mol. The van der Waals surface area contributed by atoms with Crippen LogP contribution in [0.3, 0.4) is 0 Å². The zero-order valence-electron chi connectivity index (χ0n) is 16.7. The standard InChI is InChI=1S/C20H19BrFN5O4/c1-30-12-4-5-13(16(10-12)31-2)18-25-20(27-26-18)24-17(28)7-8-23-19(29)14-9-11(22)3-6-15(14)21/h3-6,9-10H,7-8H2,1-2H3,(H,23,29)(H2,24,25,26,27,28). The third kappa shape index (κ3) is 5.57. The Hall–Kier alpha value is -3.47. The van der Waals surface area contributed by atoms with E-state index in [4.69, 9.17) is 9.47 Å². The van der Waals surface area contributed by atoms with Gasteiger partial charge in [0.25, 0.3) is 5.91 Å². The van der Waals surface area contributed by atoms with Crippen LogP contribution in [0.25, 0.3) is 11.4 Å². The number of hydrogen-bond acceptors (Lipinski definition) is 6. The number of H-pyrrole nitrogens is 1. The highest BCUT2D eigenvalue weighted by atomic mass is 79.9. The molecule has 3 N–H and O–H groups in total. The van der Waals surface area contributed by atoms with Crippen LogP contribution in [0.1, 0.15) is 16.8 Å². The molecule has 1 aromatic heterocycles. The van der Waals surface area contributed by atoms with Crippen LogP contribution in [-0.2, 0) is 4.79 Å². The molecule has 11 heteroatoms. The van der Waals surface area contributed by atoms with E-state index < -0.39 is 17.6 Å². The summed E-state index contributed by atoms with van der Waals surface area (Å²) in [5.74, 6) is 0.216. The van der Waals surface area contributed by atoms with Crippen molar-refractivity contribution in [1.29, 1.82) is 0 Å². The van der Waals surface area contributed by atoms with Crippen molar-refractivity contribution in [3.05, 3.63) is 52.3 Å². The number of aromatic amines is 1. The number of nitrogens with zero attached hydrogens (tertiary/aromatic N) is 2. The molecule has 3 rings (SSSR count). The van der Waals surface area contributed by atoms with Gasteiger partial charge in [-0.2, -0.15) is 4.98 Å². The first-order chi connectivity index (χ1) is 14.9. The van der Waals surface area contributed by atoms with Gasteiger partial charge in [0.2, 0.25) is 11.9 Å². The molecule has 0 unspecified atom stereocenters. The van der Waals surface area contributed by atoms with Gasteiger partial charge in [0.15, 0.2) is 5.82 Å². The lowest BCUT2D eigenvalue weighted by molar-refractivity contribution is -0.116. The Balaban J connectivity index is 1.56. The van der Waals surface area contributed by atoms with Gasteiger partial charge in [-0.15, -0.1) is 5.10 Å². The highest BCUT2D eigenvalue weighted by molar-refractivity contribution is 9.10. The molecule has 0 bridgehead atoms. The predicted octanol–water partition coefficient (Wildman–Crippen LogP) is 3.15. The van der Waals surface area contributed by atoms with Crippen LogP contribution >= 0.6 is 15.9 Å². The van der Waals surface area contributed by atoms with Crippen molar-refractivity contribution in [3.63, 3.8) is 0 Å². The first-order valence-electron chi connectivity index (χ1n) is 9.09. The molecule has 9 nitrogen and oxygen atoms in total. The highest BCUT2D eigenvalue weighted by Crippen LogP contribution is 2.31. The largest absolute Gasteiger partial charge is 0.497 e. The number of carbonyl (C=O) groups is 2. The van der Waals surface area contributed by atoms with Crippen molar-refractivity contribution >= 4 is 33.7 Å². The molecule has 0 radical (unpaired) electrons. The van der Waals surface area contributed by atoms with E-state index in [0.29, 0.717) is 27.4 Å². The minimum absolute atomic E-state index is 0.0194. The number of halogens is 2. The molecule has 0 aliphatic rings. The number of methoxy groups -OCH3 is 2. The predicted molar refractivity (Wildman–Crippen MR) is 115 cm³/mol. The van der Waals surface area contributed by atoms with Crippen molar-refractivity contribution in [2.75, 3.05) is 26.1 Å². The third-order valence-corrected chi connectivity index (χ3v) is 4.90. The molecule has 0 aliphatic heterocycles. The summed E-state index contributed by atoms with van der Waals surface area (Å²) in [6.07, 6.45) is -0.0194. The van der Waals surface area contributed by atoms with E-state index in [1.807, 2.05) is 0 Å². The fraction of sp³-hybridized carbons (Fsp3) is 0.200. The number of rotatable bonds is 8. The van der Waals surface area contributed by atoms with Crippen LogP contribution in [-0.4, -0.2) is 47.8 Å². The van der Waals surface area contributed by atoms with E-state index in [-0.39, 0.29) is 24.5 Å². The summed E-state index contributed by atoms with van der Waals surface area (Å²) in [6, 6.07) is 9.00. The van der Waals surface area contributed by atoms with Crippen LogP contribution in [0.4, 0.5) is 10.3 Å². The average molecular weight is 492 g/mol. The van der Waals surface area contributed by atoms with Gasteiger partial charge in [0.1, 0.15) is 17.3 Å². The van der Waals surface area contributed by atoms with E-state index in [9.17, 15) is 14.0 Å². The maximum atomic E-state index is 13.3. The van der Waals surface area contributed by atoms with Crippen LogP contribution < -0.4 is 20.1 Å². The van der Waals surface area contributed by atoms with E-state index in [1.54, 1.807) is 25.3 Å². The Morgan fingerprint density at radius 3 is 2.71 bits per heavy atom. The Kier molecular flexibility index (Phi) is 7.19. The van der Waals surface area contributed by atoms with Gasteiger partial charge < -0.3 is 14.8 Å². The molecule has 31 heavy (non-hydrogen) atoms. The second-order valence-electron chi connectivity index (χ2n) is 6.25. The quantitative estimate of drug-likeness (QED) is 0.445. The van der Waals surface area contributed by atoms with Crippen LogP contribution in [0.2, 0.25) is 0 Å². The smallest absolute Gasteiger partial charge is 0.252 e. The summed E-state index contributed by atoms with van der Waals surface area (Å²) in [5, 5.41) is 11.8. The number of hydrogen-bond donors (Lipinski definition) is 3. The zero-order chi connectivity index (χ0) is 22.4. The number of benzene rings is 2. The minimum atomic E-state index is -0.528. The maximum Gasteiger partial charge on any atom is 0.252 e. The maximum absolute atomic E-state index is 13.3. The minimum Gasteiger partial charge on any atom is -0.497 e. The molecule has 162 valence electrons. The second-order valence-corrected chi connectivity index (χ2v) is 7.11. The molecule has 3 aromatic rings. The van der Waals surface area contributed by atoms with Crippen molar-refractivity contribution < 1.29 is 23.5 Å². The Bertz CT molecular complexity index is 1100. The average Bonchev–Trinajstić information content (AvgIpc) is 3.22. The SMILES string of the molecule is COc1ccc(-c2nc(NC(=O)CCNC(=O)c3cc(F)ccc3Br)n[nH]2)c(OC)c1. The molecule has 1 heterocycles. The van der Waals surface area contributed by atoms with Crippen molar-refractivity contribution in [2.45, 2.75) is 6.42 Å². The Morgan fingerprint density at radius 1 is 1.16 bits per heavy atom. The first kappa shape index (κ1) is 22.2. The molecule has 0 saturated carbocycles. The van der Waals surface area contributed by atoms with E-state index in [0.717, 1.165) is 6.07 Å². The lowest BCUT2D eigenvalue weighted by atomic mass is 10.2. The summed E-state index contributed by atoms with van der Waals surface area (Å²) >= 11 is 3.19. The molecule has 2 amide bonds. The molecule has 0 aliphatic carbocycles. The number of nitrogens with one attached hydrogen (secondary N) is 3. The molecule has 0 fully saturated rings. The fourth-order valence-corrected chi connectivity index (χ4v) is 3.10. The van der Waals surface area contributed by atoms with E-state index in [1.165, 1.54) is 19.2 Å². The van der Waals surface area contributed by atoms with Gasteiger partial charge in [-0.1, -0.05) is 0 Å². The first-order valence-corrected chi connectivity index (χ1v) is 9.88. The fourth-order valence-electron chi connectivity index (χ4n) is 2.68. The summed E-state index contributed by atoms with van der Waals surface area (Å²) in [5.41, 5.74) is 0.789. The van der Waals surface area contributed by atoms with Crippen molar-refractivity contribution in [2.24, 2.45) is 0 Å². The second kappa shape index (κ2) is 10.0. The number of anilines is 1. The number of ether oxygens (including phenoxy) is 2. The highest BCUT2D eigenvalue weighted by Gasteiger charge is 2.15. The lowest BCUT2D eigenvalue weighted by Crippen LogP contribution is -2.28. The molecule has 0 spiro atoms. The Labute approximate surface area is 185 Å². The van der Waals surface area contributed by atoms with E-state index >= 15 is 0 Å². The van der Waals surface area contributed by atoms with Gasteiger partial charge >= 0.3 is 0 Å². The lowest BCUT2D eigenvalue weighted by Gasteiger charge is -2.08. The van der Waals surface area contributed by atoms with E-state index in [2.05, 4.69) is 41.7 Å². The Morgan fingerprint density at radius 2 is 1.97 bits per heavy atom. The van der Waals surface area contributed by atoms with Crippen LogP contribution in [0.15, 0.2) is 40.9 Å². The molecular weight excluding hydrogens is 473 g/mol. The zero-order valence-corrected chi connectivity index (χ0v) is 18.2. The van der Waals surface area contributed by atoms with Gasteiger partial charge in [0.05, 0.1) is 25.3 Å².